The van der Waals surface area contributed by atoms with Gasteiger partial charge in [0.05, 0.1) is 6.04 Å². The minimum atomic E-state index is -0.128. The van der Waals surface area contributed by atoms with Gasteiger partial charge < -0.3 is 15.5 Å². The van der Waals surface area contributed by atoms with Crippen LogP contribution in [0.3, 0.4) is 0 Å². The lowest BCUT2D eigenvalue weighted by molar-refractivity contribution is -0.136. The van der Waals surface area contributed by atoms with Gasteiger partial charge in [0.15, 0.2) is 0 Å². The average Bonchev–Trinajstić information content (AvgIpc) is 3.24. The summed E-state index contributed by atoms with van der Waals surface area (Å²) in [6.07, 6.45) is 3.51. The fourth-order valence-corrected chi connectivity index (χ4v) is 4.54. The van der Waals surface area contributed by atoms with Crippen molar-refractivity contribution in [3.8, 4) is 0 Å². The monoisotopic (exact) mass is 394 g/mol. The number of carbonyl (C=O) groups excluding carboxylic acids is 1. The zero-order valence-electron chi connectivity index (χ0n) is 17.0. The quantitative estimate of drug-likeness (QED) is 0.821. The molecule has 2 aromatic rings. The number of nitrogens with zero attached hydrogens (tertiary/aromatic N) is 5. The first-order chi connectivity index (χ1) is 14.2. The minimum Gasteiger partial charge on any atom is -0.338 e. The molecule has 3 heterocycles. The molecule has 1 aromatic carbocycles. The third-order valence-electron chi connectivity index (χ3n) is 6.33. The van der Waals surface area contributed by atoms with E-state index in [9.17, 15) is 4.79 Å². The van der Waals surface area contributed by atoms with Crippen LogP contribution in [-0.2, 0) is 4.79 Å². The summed E-state index contributed by atoms with van der Waals surface area (Å²) in [7, 11) is 0. The van der Waals surface area contributed by atoms with E-state index in [-0.39, 0.29) is 11.9 Å². The zero-order chi connectivity index (χ0) is 20.2. The molecule has 154 valence electrons. The third-order valence-corrected chi connectivity index (χ3v) is 6.33. The van der Waals surface area contributed by atoms with E-state index in [2.05, 4.69) is 44.0 Å². The highest BCUT2D eigenvalue weighted by molar-refractivity contribution is 5.81. The van der Waals surface area contributed by atoms with E-state index in [1.807, 2.05) is 24.0 Å². The Morgan fingerprint density at radius 2 is 1.76 bits per heavy atom. The molecule has 2 aliphatic rings. The van der Waals surface area contributed by atoms with Crippen molar-refractivity contribution in [2.24, 2.45) is 11.7 Å². The molecule has 0 saturated carbocycles. The summed E-state index contributed by atoms with van der Waals surface area (Å²) in [5, 5.41) is 0. The number of hydrogen-bond donors (Lipinski definition) is 1. The van der Waals surface area contributed by atoms with Crippen molar-refractivity contribution in [1.29, 1.82) is 0 Å². The Kier molecular flexibility index (Phi) is 6.06. The van der Waals surface area contributed by atoms with Gasteiger partial charge in [-0.15, -0.1) is 0 Å². The van der Waals surface area contributed by atoms with Gasteiger partial charge in [-0.05, 0) is 31.0 Å². The van der Waals surface area contributed by atoms with Crippen LogP contribution in [0.15, 0.2) is 48.8 Å². The van der Waals surface area contributed by atoms with Crippen LogP contribution in [0.1, 0.15) is 18.4 Å². The highest BCUT2D eigenvalue weighted by Crippen LogP contribution is 2.33. The first-order valence-corrected chi connectivity index (χ1v) is 10.5. The number of likely N-dealkylation sites (tertiary alicyclic amines) is 1. The Morgan fingerprint density at radius 3 is 2.41 bits per heavy atom. The van der Waals surface area contributed by atoms with Crippen LogP contribution in [0.25, 0.3) is 0 Å². The van der Waals surface area contributed by atoms with Crippen molar-refractivity contribution in [3.05, 3.63) is 54.4 Å². The Labute approximate surface area is 172 Å². The second-order valence-electron chi connectivity index (χ2n) is 8.00. The number of aromatic nitrogens is 2. The molecule has 1 aromatic heterocycles. The standard InChI is InChI=1S/C22H30N6O/c1-17(28-15-19(14-23)20(16-28)18-6-3-2-4-7-18)21(29)26-10-12-27(13-11-26)22-24-8-5-9-25-22/h2-9,17,19-20H,10-16,23H2,1H3/t17?,19-,20+/m1/s1. The second kappa shape index (κ2) is 8.88. The lowest BCUT2D eigenvalue weighted by atomic mass is 9.89. The van der Waals surface area contributed by atoms with Gasteiger partial charge in [0.1, 0.15) is 0 Å². The Morgan fingerprint density at radius 1 is 1.07 bits per heavy atom. The highest BCUT2D eigenvalue weighted by atomic mass is 16.2. The largest absolute Gasteiger partial charge is 0.338 e. The maximum Gasteiger partial charge on any atom is 0.239 e. The highest BCUT2D eigenvalue weighted by Gasteiger charge is 2.38. The third kappa shape index (κ3) is 4.26. The molecule has 7 nitrogen and oxygen atoms in total. The van der Waals surface area contributed by atoms with Crippen LogP contribution >= 0.6 is 0 Å². The van der Waals surface area contributed by atoms with Gasteiger partial charge in [0.2, 0.25) is 11.9 Å². The summed E-state index contributed by atoms with van der Waals surface area (Å²) in [5.74, 6) is 1.73. The Balaban J connectivity index is 1.36. The van der Waals surface area contributed by atoms with Crippen LogP contribution in [0.4, 0.5) is 5.95 Å². The van der Waals surface area contributed by atoms with E-state index in [4.69, 9.17) is 5.73 Å². The molecular weight excluding hydrogens is 364 g/mol. The maximum atomic E-state index is 13.2. The van der Waals surface area contributed by atoms with E-state index in [0.29, 0.717) is 31.5 Å². The van der Waals surface area contributed by atoms with E-state index >= 15 is 0 Å². The fraction of sp³-hybridized carbons (Fsp3) is 0.500. The number of nitrogens with two attached hydrogens (primary N) is 1. The predicted octanol–water partition coefficient (Wildman–Crippen LogP) is 1.19. The zero-order valence-corrected chi connectivity index (χ0v) is 17.0. The van der Waals surface area contributed by atoms with Crippen molar-refractivity contribution in [2.45, 2.75) is 18.9 Å². The van der Waals surface area contributed by atoms with Crippen molar-refractivity contribution >= 4 is 11.9 Å². The van der Waals surface area contributed by atoms with Crippen LogP contribution in [0, 0.1) is 5.92 Å². The van der Waals surface area contributed by atoms with Gasteiger partial charge in [-0.25, -0.2) is 9.97 Å². The topological polar surface area (TPSA) is 78.6 Å². The van der Waals surface area contributed by atoms with Crippen molar-refractivity contribution in [2.75, 3.05) is 50.7 Å². The second-order valence-corrected chi connectivity index (χ2v) is 8.00. The lowest BCUT2D eigenvalue weighted by Gasteiger charge is -2.37. The van der Waals surface area contributed by atoms with Crippen LogP contribution in [0.5, 0.6) is 0 Å². The van der Waals surface area contributed by atoms with Crippen molar-refractivity contribution in [3.63, 3.8) is 0 Å². The molecule has 1 unspecified atom stereocenters. The molecule has 29 heavy (non-hydrogen) atoms. The van der Waals surface area contributed by atoms with Gasteiger partial charge in [-0.2, -0.15) is 0 Å². The molecule has 2 aliphatic heterocycles. The number of benzene rings is 1. The van der Waals surface area contributed by atoms with E-state index in [1.165, 1.54) is 5.56 Å². The fourth-order valence-electron chi connectivity index (χ4n) is 4.54. The summed E-state index contributed by atoms with van der Waals surface area (Å²) in [6.45, 7) is 7.39. The lowest BCUT2D eigenvalue weighted by Crippen LogP contribution is -2.54. The van der Waals surface area contributed by atoms with Gasteiger partial charge in [-0.1, -0.05) is 30.3 Å². The Bertz CT molecular complexity index is 793. The molecule has 1 amide bonds. The molecule has 3 atom stereocenters. The van der Waals surface area contributed by atoms with E-state index in [0.717, 1.165) is 32.1 Å². The van der Waals surface area contributed by atoms with Gasteiger partial charge in [-0.3, -0.25) is 9.69 Å². The molecule has 7 heteroatoms. The van der Waals surface area contributed by atoms with Crippen LogP contribution in [0.2, 0.25) is 0 Å². The summed E-state index contributed by atoms with van der Waals surface area (Å²) in [4.78, 5) is 28.2. The van der Waals surface area contributed by atoms with Crippen molar-refractivity contribution < 1.29 is 4.79 Å². The average molecular weight is 395 g/mol. The number of hydrogen-bond acceptors (Lipinski definition) is 6. The number of carbonyl (C=O) groups is 1. The maximum absolute atomic E-state index is 13.2. The summed E-state index contributed by atoms with van der Waals surface area (Å²) in [6, 6.07) is 12.2. The summed E-state index contributed by atoms with van der Waals surface area (Å²) in [5.41, 5.74) is 7.39. The Hall–Kier alpha value is -2.51. The van der Waals surface area contributed by atoms with Crippen LogP contribution in [-0.4, -0.2) is 77.5 Å². The molecule has 2 fully saturated rings. The number of rotatable bonds is 5. The number of amides is 1. The van der Waals surface area contributed by atoms with Crippen molar-refractivity contribution in [1.82, 2.24) is 19.8 Å². The molecule has 0 radical (unpaired) electrons. The first-order valence-electron chi connectivity index (χ1n) is 10.5. The molecule has 2 N–H and O–H groups in total. The molecule has 0 bridgehead atoms. The molecule has 2 saturated heterocycles. The minimum absolute atomic E-state index is 0.128. The normalized spacial score (nSPS) is 23.9. The summed E-state index contributed by atoms with van der Waals surface area (Å²) < 4.78 is 0. The number of piperazine rings is 1. The van der Waals surface area contributed by atoms with Gasteiger partial charge in [0.25, 0.3) is 0 Å². The van der Waals surface area contributed by atoms with E-state index in [1.54, 1.807) is 12.4 Å². The van der Waals surface area contributed by atoms with Gasteiger partial charge >= 0.3 is 0 Å². The molecule has 4 rings (SSSR count). The smallest absolute Gasteiger partial charge is 0.239 e. The first kappa shape index (κ1) is 19.8. The SMILES string of the molecule is CC(C(=O)N1CCN(c2ncccn2)CC1)N1C[C@@H](CN)[C@H](c2ccccc2)C1. The van der Waals surface area contributed by atoms with E-state index < -0.39 is 0 Å². The predicted molar refractivity (Wildman–Crippen MR) is 114 cm³/mol. The molecular formula is C22H30N6O. The molecule has 0 aliphatic carbocycles. The van der Waals surface area contributed by atoms with Gasteiger partial charge in [0, 0.05) is 57.6 Å². The number of anilines is 1. The summed E-state index contributed by atoms with van der Waals surface area (Å²) >= 11 is 0. The molecule has 0 spiro atoms. The van der Waals surface area contributed by atoms with Crippen LogP contribution < -0.4 is 10.6 Å².